The van der Waals surface area contributed by atoms with Gasteiger partial charge in [0.05, 0.1) is 23.4 Å². The molecular formula is C18H25NO5. The van der Waals surface area contributed by atoms with Crippen molar-refractivity contribution in [2.75, 3.05) is 13.1 Å². The zero-order chi connectivity index (χ0) is 17.7. The summed E-state index contributed by atoms with van der Waals surface area (Å²) in [4.78, 5) is 13.9. The molecule has 0 bridgehead atoms. The van der Waals surface area contributed by atoms with Crippen molar-refractivity contribution in [2.24, 2.45) is 0 Å². The fraction of sp³-hybridized carbons (Fsp3) is 0.611. The summed E-state index contributed by atoms with van der Waals surface area (Å²) in [6.45, 7) is 8.28. The van der Waals surface area contributed by atoms with Gasteiger partial charge in [-0.1, -0.05) is 12.1 Å². The van der Waals surface area contributed by atoms with Crippen molar-refractivity contribution < 1.29 is 24.5 Å². The van der Waals surface area contributed by atoms with Gasteiger partial charge in [0.1, 0.15) is 0 Å². The summed E-state index contributed by atoms with van der Waals surface area (Å²) in [5, 5.41) is 19.1. The zero-order valence-electron chi connectivity index (χ0n) is 14.5. The number of aliphatic hydroxyl groups excluding tert-OH is 2. The maximum Gasteiger partial charge on any atom is 0.254 e. The molecule has 1 aromatic rings. The second kappa shape index (κ2) is 5.81. The molecule has 6 heteroatoms. The number of carbonyl (C=O) groups is 1. The summed E-state index contributed by atoms with van der Waals surface area (Å²) >= 11 is 0. The van der Waals surface area contributed by atoms with Crippen molar-refractivity contribution in [2.45, 2.75) is 57.4 Å². The van der Waals surface area contributed by atoms with Crippen LogP contribution in [0.1, 0.15) is 49.9 Å². The van der Waals surface area contributed by atoms with Gasteiger partial charge in [-0.2, -0.15) is 0 Å². The van der Waals surface area contributed by atoms with Crippen molar-refractivity contribution in [3.05, 3.63) is 35.4 Å². The first kappa shape index (κ1) is 17.4. The summed E-state index contributed by atoms with van der Waals surface area (Å²) in [5.74, 6) is -0.203. The van der Waals surface area contributed by atoms with Gasteiger partial charge >= 0.3 is 0 Å². The smallest absolute Gasteiger partial charge is 0.254 e. The molecule has 2 saturated heterocycles. The quantitative estimate of drug-likeness (QED) is 0.855. The van der Waals surface area contributed by atoms with E-state index in [1.54, 1.807) is 12.1 Å². The average molecular weight is 335 g/mol. The van der Waals surface area contributed by atoms with Crippen LogP contribution in [0.5, 0.6) is 0 Å². The molecule has 132 valence electrons. The standard InChI is InChI=1S/C18H25NO5/c1-17(2)18(3,4)24-16(23-17)12-7-5-11(6-8-12)15(22)19-9-13(20)14(21)10-19/h5-8,13-14,16,20-21H,9-10H2,1-4H3/t13-,14-/m0/s1. The highest BCUT2D eigenvalue weighted by molar-refractivity contribution is 5.94. The molecule has 1 amide bonds. The molecule has 2 aliphatic heterocycles. The van der Waals surface area contributed by atoms with Gasteiger partial charge in [-0.15, -0.1) is 0 Å². The van der Waals surface area contributed by atoms with E-state index in [0.717, 1.165) is 5.56 Å². The van der Waals surface area contributed by atoms with E-state index in [1.165, 1.54) is 4.90 Å². The van der Waals surface area contributed by atoms with E-state index in [-0.39, 0.29) is 19.0 Å². The van der Waals surface area contributed by atoms with Gasteiger partial charge in [0.2, 0.25) is 0 Å². The summed E-state index contributed by atoms with van der Waals surface area (Å²) < 4.78 is 12.0. The lowest BCUT2D eigenvalue weighted by Crippen LogP contribution is -2.41. The van der Waals surface area contributed by atoms with Crippen LogP contribution in [0.4, 0.5) is 0 Å². The Kier molecular flexibility index (Phi) is 4.20. The highest BCUT2D eigenvalue weighted by Gasteiger charge is 2.49. The number of amides is 1. The fourth-order valence-electron chi connectivity index (χ4n) is 2.88. The average Bonchev–Trinajstić information content (AvgIpc) is 2.95. The number of carbonyl (C=O) groups excluding carboxylic acids is 1. The molecule has 0 saturated carbocycles. The second-order valence-corrected chi connectivity index (χ2v) is 7.56. The Hall–Kier alpha value is -1.47. The van der Waals surface area contributed by atoms with Gasteiger partial charge < -0.3 is 24.6 Å². The van der Waals surface area contributed by atoms with Crippen LogP contribution in [0.25, 0.3) is 0 Å². The SMILES string of the molecule is CC1(C)OC(c2ccc(C(=O)N3C[C@H](O)[C@@H](O)C3)cc2)OC1(C)C. The topological polar surface area (TPSA) is 79.2 Å². The number of hydrogen-bond donors (Lipinski definition) is 2. The van der Waals surface area contributed by atoms with Crippen LogP contribution in [-0.4, -0.2) is 57.5 Å². The Labute approximate surface area is 142 Å². The fourth-order valence-corrected chi connectivity index (χ4v) is 2.88. The Bertz CT molecular complexity index is 599. The van der Waals surface area contributed by atoms with Crippen LogP contribution in [0.3, 0.4) is 0 Å². The molecule has 2 atom stereocenters. The highest BCUT2D eigenvalue weighted by atomic mass is 16.7. The van der Waals surface area contributed by atoms with E-state index < -0.39 is 29.7 Å². The van der Waals surface area contributed by atoms with Gasteiger partial charge in [-0.25, -0.2) is 0 Å². The molecule has 2 fully saturated rings. The molecule has 0 spiro atoms. The maximum atomic E-state index is 12.4. The molecule has 0 unspecified atom stereocenters. The van der Waals surface area contributed by atoms with Gasteiger partial charge in [0, 0.05) is 24.2 Å². The number of aliphatic hydroxyl groups is 2. The molecule has 6 nitrogen and oxygen atoms in total. The molecule has 2 heterocycles. The lowest BCUT2D eigenvalue weighted by atomic mass is 9.90. The van der Waals surface area contributed by atoms with E-state index in [2.05, 4.69) is 0 Å². The predicted octanol–water partition coefficient (Wildman–Crippen LogP) is 1.47. The molecule has 0 radical (unpaired) electrons. The van der Waals surface area contributed by atoms with Crippen LogP contribution in [0.15, 0.2) is 24.3 Å². The van der Waals surface area contributed by atoms with E-state index in [0.29, 0.717) is 5.56 Å². The largest absolute Gasteiger partial charge is 0.388 e. The van der Waals surface area contributed by atoms with Crippen molar-refractivity contribution in [3.63, 3.8) is 0 Å². The first-order chi connectivity index (χ1) is 11.1. The third-order valence-corrected chi connectivity index (χ3v) is 5.23. The van der Waals surface area contributed by atoms with E-state index in [9.17, 15) is 15.0 Å². The van der Waals surface area contributed by atoms with Crippen LogP contribution in [-0.2, 0) is 9.47 Å². The van der Waals surface area contributed by atoms with Crippen molar-refractivity contribution in [1.82, 2.24) is 4.90 Å². The van der Waals surface area contributed by atoms with Gasteiger partial charge in [0.15, 0.2) is 6.29 Å². The maximum absolute atomic E-state index is 12.4. The predicted molar refractivity (Wildman–Crippen MR) is 87.4 cm³/mol. The normalized spacial score (nSPS) is 29.2. The summed E-state index contributed by atoms with van der Waals surface area (Å²) in [5.41, 5.74) is 0.547. The minimum absolute atomic E-state index is 0.152. The van der Waals surface area contributed by atoms with Crippen molar-refractivity contribution in [3.8, 4) is 0 Å². The molecule has 1 aromatic carbocycles. The summed E-state index contributed by atoms with van der Waals surface area (Å²) in [7, 11) is 0. The number of likely N-dealkylation sites (tertiary alicyclic amines) is 1. The molecular weight excluding hydrogens is 310 g/mol. The molecule has 2 N–H and O–H groups in total. The number of benzene rings is 1. The zero-order valence-corrected chi connectivity index (χ0v) is 14.5. The van der Waals surface area contributed by atoms with Crippen molar-refractivity contribution >= 4 is 5.91 Å². The van der Waals surface area contributed by atoms with E-state index in [1.807, 2.05) is 39.8 Å². The highest BCUT2D eigenvalue weighted by Crippen LogP contribution is 2.44. The van der Waals surface area contributed by atoms with E-state index in [4.69, 9.17) is 9.47 Å². The van der Waals surface area contributed by atoms with E-state index >= 15 is 0 Å². The summed E-state index contributed by atoms with van der Waals surface area (Å²) in [6, 6.07) is 7.08. The Morgan fingerprint density at radius 1 is 1.00 bits per heavy atom. The number of nitrogens with zero attached hydrogens (tertiary/aromatic N) is 1. The van der Waals surface area contributed by atoms with Gasteiger partial charge in [0.25, 0.3) is 5.91 Å². The number of rotatable bonds is 2. The number of β-amino-alcohol motifs (C(OH)–C–C–N with tert-alkyl or cyclic N) is 2. The first-order valence-electron chi connectivity index (χ1n) is 8.22. The van der Waals surface area contributed by atoms with Crippen LogP contribution < -0.4 is 0 Å². The molecule has 3 rings (SSSR count). The number of ether oxygens (including phenoxy) is 2. The Morgan fingerprint density at radius 3 is 1.92 bits per heavy atom. The lowest BCUT2D eigenvalue weighted by Gasteiger charge is -2.30. The monoisotopic (exact) mass is 335 g/mol. The van der Waals surface area contributed by atoms with Gasteiger partial charge in [-0.3, -0.25) is 4.79 Å². The minimum Gasteiger partial charge on any atom is -0.388 e. The third kappa shape index (κ3) is 2.95. The van der Waals surface area contributed by atoms with Crippen LogP contribution >= 0.6 is 0 Å². The van der Waals surface area contributed by atoms with Crippen molar-refractivity contribution in [1.29, 1.82) is 0 Å². The molecule has 2 aliphatic rings. The van der Waals surface area contributed by atoms with Crippen LogP contribution in [0, 0.1) is 0 Å². The van der Waals surface area contributed by atoms with Crippen LogP contribution in [0.2, 0.25) is 0 Å². The lowest BCUT2D eigenvalue weighted by molar-refractivity contribution is -0.0895. The Balaban J connectivity index is 1.72. The molecule has 24 heavy (non-hydrogen) atoms. The first-order valence-corrected chi connectivity index (χ1v) is 8.22. The Morgan fingerprint density at radius 2 is 1.46 bits per heavy atom. The van der Waals surface area contributed by atoms with Gasteiger partial charge in [-0.05, 0) is 39.8 Å². The summed E-state index contributed by atoms with van der Waals surface area (Å²) in [6.07, 6.45) is -2.22. The third-order valence-electron chi connectivity index (χ3n) is 5.23. The molecule has 0 aromatic heterocycles. The molecule has 0 aliphatic carbocycles. The minimum atomic E-state index is -0.877. The number of hydrogen-bond acceptors (Lipinski definition) is 5. The second-order valence-electron chi connectivity index (χ2n) is 7.56.